The van der Waals surface area contributed by atoms with E-state index in [0.717, 1.165) is 12.1 Å². The Balaban J connectivity index is 2.52. The van der Waals surface area contributed by atoms with E-state index in [0.29, 0.717) is 12.1 Å². The molecule has 3 nitrogen and oxygen atoms in total. The molecule has 1 rings (SSSR count). The predicted octanol–water partition coefficient (Wildman–Crippen LogP) is 1.88. The van der Waals surface area contributed by atoms with Crippen molar-refractivity contribution in [3.8, 4) is 0 Å². The fourth-order valence-electron chi connectivity index (χ4n) is 1.50. The largest absolute Gasteiger partial charge is 0.309 e. The van der Waals surface area contributed by atoms with E-state index in [1.807, 2.05) is 0 Å². The first-order valence-electron chi connectivity index (χ1n) is 5.72. The van der Waals surface area contributed by atoms with Crippen LogP contribution in [0.15, 0.2) is 18.2 Å². The topological polar surface area (TPSA) is 46.2 Å². The number of hydrogen-bond donors (Lipinski definition) is 1. The van der Waals surface area contributed by atoms with Crippen LogP contribution < -0.4 is 5.32 Å². The summed E-state index contributed by atoms with van der Waals surface area (Å²) in [6.45, 7) is 3.64. The molecule has 0 aromatic heterocycles. The molecule has 0 saturated heterocycles. The molecule has 0 aliphatic carbocycles. The van der Waals surface area contributed by atoms with E-state index < -0.39 is 21.5 Å². The van der Waals surface area contributed by atoms with Gasteiger partial charge >= 0.3 is 0 Å². The van der Waals surface area contributed by atoms with Gasteiger partial charge in [0.25, 0.3) is 0 Å². The summed E-state index contributed by atoms with van der Waals surface area (Å²) in [6.07, 6.45) is 0. The monoisotopic (exact) mass is 277 g/mol. The molecule has 0 amide bonds. The summed E-state index contributed by atoms with van der Waals surface area (Å²) < 4.78 is 48.4. The van der Waals surface area contributed by atoms with Crippen molar-refractivity contribution in [1.82, 2.24) is 5.32 Å². The second kappa shape index (κ2) is 6.24. The third-order valence-electron chi connectivity index (χ3n) is 2.58. The fraction of sp³-hybridized carbons (Fsp3) is 0.500. The summed E-state index contributed by atoms with van der Waals surface area (Å²) in [5.41, 5.74) is 0.578. The van der Waals surface area contributed by atoms with Gasteiger partial charge in [0.05, 0.1) is 5.75 Å². The van der Waals surface area contributed by atoms with Crippen molar-refractivity contribution in [2.75, 3.05) is 11.5 Å². The highest BCUT2D eigenvalue weighted by Crippen LogP contribution is 2.08. The molecule has 0 saturated carbocycles. The van der Waals surface area contributed by atoms with Gasteiger partial charge in [-0.25, -0.2) is 17.2 Å². The molecule has 0 fully saturated rings. The Bertz CT molecular complexity index is 503. The summed E-state index contributed by atoms with van der Waals surface area (Å²) >= 11 is 0. The van der Waals surface area contributed by atoms with Crippen molar-refractivity contribution in [2.24, 2.45) is 0 Å². The average molecular weight is 277 g/mol. The Labute approximate surface area is 106 Å². The van der Waals surface area contributed by atoms with Crippen molar-refractivity contribution in [1.29, 1.82) is 0 Å². The molecular formula is C12H17F2NO2S. The van der Waals surface area contributed by atoms with Gasteiger partial charge in [-0.05, 0) is 24.6 Å². The molecule has 1 unspecified atom stereocenters. The van der Waals surface area contributed by atoms with E-state index in [1.54, 1.807) is 13.8 Å². The molecule has 0 spiro atoms. The first-order valence-corrected chi connectivity index (χ1v) is 7.54. The summed E-state index contributed by atoms with van der Waals surface area (Å²) in [4.78, 5) is 0. The fourth-order valence-corrected chi connectivity index (χ4v) is 2.61. The highest BCUT2D eigenvalue weighted by Gasteiger charge is 2.13. The minimum Gasteiger partial charge on any atom is -0.309 e. The molecule has 0 bridgehead atoms. The molecule has 6 heteroatoms. The zero-order valence-electron chi connectivity index (χ0n) is 10.4. The lowest BCUT2D eigenvalue weighted by atomic mass is 10.2. The first kappa shape index (κ1) is 15.0. The van der Waals surface area contributed by atoms with E-state index >= 15 is 0 Å². The molecule has 0 radical (unpaired) electrons. The average Bonchev–Trinajstić information content (AvgIpc) is 2.30. The van der Waals surface area contributed by atoms with Crippen molar-refractivity contribution in [3.05, 3.63) is 35.4 Å². The minimum absolute atomic E-state index is 0.0349. The Morgan fingerprint density at radius 3 is 2.50 bits per heavy atom. The summed E-state index contributed by atoms with van der Waals surface area (Å²) in [5.74, 6) is -1.65. The molecule has 0 heterocycles. The van der Waals surface area contributed by atoms with Gasteiger partial charge in [0.2, 0.25) is 0 Å². The smallest absolute Gasteiger partial charge is 0.159 e. The maximum absolute atomic E-state index is 12.9. The van der Waals surface area contributed by atoms with E-state index in [4.69, 9.17) is 0 Å². The molecule has 1 aromatic rings. The lowest BCUT2D eigenvalue weighted by molar-refractivity contribution is 0.504. The maximum Gasteiger partial charge on any atom is 0.159 e. The van der Waals surface area contributed by atoms with E-state index in [1.165, 1.54) is 6.07 Å². The number of nitrogens with one attached hydrogen (secondary N) is 1. The molecule has 18 heavy (non-hydrogen) atoms. The predicted molar refractivity (Wildman–Crippen MR) is 67.0 cm³/mol. The van der Waals surface area contributed by atoms with Gasteiger partial charge in [-0.1, -0.05) is 13.0 Å². The first-order chi connectivity index (χ1) is 8.34. The van der Waals surface area contributed by atoms with E-state index in [9.17, 15) is 17.2 Å². The molecule has 102 valence electrons. The Hall–Kier alpha value is -1.01. The van der Waals surface area contributed by atoms with Gasteiger partial charge in [0.1, 0.15) is 0 Å². The Morgan fingerprint density at radius 1 is 1.28 bits per heavy atom. The van der Waals surface area contributed by atoms with Gasteiger partial charge in [-0.2, -0.15) is 0 Å². The highest BCUT2D eigenvalue weighted by molar-refractivity contribution is 7.91. The van der Waals surface area contributed by atoms with Crippen molar-refractivity contribution >= 4 is 9.84 Å². The number of hydrogen-bond acceptors (Lipinski definition) is 3. The zero-order chi connectivity index (χ0) is 13.8. The van der Waals surface area contributed by atoms with Gasteiger partial charge in [-0.3, -0.25) is 0 Å². The molecule has 1 atom stereocenters. The van der Waals surface area contributed by atoms with Gasteiger partial charge in [-0.15, -0.1) is 0 Å². The van der Waals surface area contributed by atoms with Crippen LogP contribution in [0.4, 0.5) is 8.78 Å². The molecular weight excluding hydrogens is 260 g/mol. The maximum atomic E-state index is 12.9. The zero-order valence-corrected chi connectivity index (χ0v) is 11.2. The lowest BCUT2D eigenvalue weighted by Crippen LogP contribution is -2.33. The number of benzene rings is 1. The van der Waals surface area contributed by atoms with Gasteiger partial charge in [0, 0.05) is 18.3 Å². The Morgan fingerprint density at radius 2 is 1.94 bits per heavy atom. The van der Waals surface area contributed by atoms with E-state index in [2.05, 4.69) is 5.32 Å². The van der Waals surface area contributed by atoms with E-state index in [-0.39, 0.29) is 17.5 Å². The quantitative estimate of drug-likeness (QED) is 0.863. The van der Waals surface area contributed by atoms with Crippen LogP contribution in [-0.2, 0) is 16.4 Å². The van der Waals surface area contributed by atoms with Gasteiger partial charge < -0.3 is 5.32 Å². The van der Waals surface area contributed by atoms with Crippen LogP contribution in [0.2, 0.25) is 0 Å². The van der Waals surface area contributed by atoms with Crippen LogP contribution in [0.3, 0.4) is 0 Å². The Kier molecular flexibility index (Phi) is 5.22. The number of halogens is 2. The number of rotatable bonds is 6. The summed E-state index contributed by atoms with van der Waals surface area (Å²) in [6, 6.07) is 3.39. The van der Waals surface area contributed by atoms with Crippen molar-refractivity contribution in [2.45, 2.75) is 26.4 Å². The standard InChI is InChI=1S/C12H17F2NO2S/c1-3-18(16,17)8-9(2)15-7-10-4-5-11(13)12(14)6-10/h4-6,9,15H,3,7-8H2,1-2H3. The SMILES string of the molecule is CCS(=O)(=O)CC(C)NCc1ccc(F)c(F)c1. The molecule has 1 N–H and O–H groups in total. The highest BCUT2D eigenvalue weighted by atomic mass is 32.2. The second-order valence-corrected chi connectivity index (χ2v) is 6.63. The van der Waals surface area contributed by atoms with Crippen LogP contribution in [0.1, 0.15) is 19.4 Å². The summed E-state index contributed by atoms with van der Waals surface area (Å²) in [5, 5.41) is 2.97. The lowest BCUT2D eigenvalue weighted by Gasteiger charge is -2.13. The van der Waals surface area contributed by atoms with Crippen LogP contribution in [-0.4, -0.2) is 26.0 Å². The van der Waals surface area contributed by atoms with Crippen LogP contribution in [0.5, 0.6) is 0 Å². The third kappa shape index (κ3) is 4.70. The van der Waals surface area contributed by atoms with Crippen molar-refractivity contribution in [3.63, 3.8) is 0 Å². The third-order valence-corrected chi connectivity index (χ3v) is 4.47. The molecule has 0 aliphatic heterocycles. The van der Waals surface area contributed by atoms with Gasteiger partial charge in [0.15, 0.2) is 21.5 Å². The minimum atomic E-state index is -3.03. The number of sulfone groups is 1. The second-order valence-electron chi connectivity index (χ2n) is 4.23. The molecule has 1 aromatic carbocycles. The van der Waals surface area contributed by atoms with Crippen LogP contribution in [0, 0.1) is 11.6 Å². The van der Waals surface area contributed by atoms with Crippen LogP contribution >= 0.6 is 0 Å². The van der Waals surface area contributed by atoms with Crippen molar-refractivity contribution < 1.29 is 17.2 Å². The molecule has 0 aliphatic rings. The summed E-state index contributed by atoms with van der Waals surface area (Å²) in [7, 11) is -3.03. The normalized spacial score (nSPS) is 13.6. The van der Waals surface area contributed by atoms with Crippen LogP contribution in [0.25, 0.3) is 0 Å².